The van der Waals surface area contributed by atoms with E-state index >= 15 is 0 Å². The van der Waals surface area contributed by atoms with Crippen LogP contribution in [0.4, 0.5) is 0 Å². The second-order valence-corrected chi connectivity index (χ2v) is 4.31. The molecule has 2 aromatic rings. The molecule has 6 heteroatoms. The molecule has 2 heterocycles. The summed E-state index contributed by atoms with van der Waals surface area (Å²) in [7, 11) is 0. The third-order valence-electron chi connectivity index (χ3n) is 2.25. The summed E-state index contributed by atoms with van der Waals surface area (Å²) in [5, 5.41) is 15.7. The van der Waals surface area contributed by atoms with Gasteiger partial charge in [-0.05, 0) is 46.2 Å². The van der Waals surface area contributed by atoms with Gasteiger partial charge in [-0.15, -0.1) is 5.10 Å². The molecule has 2 N–H and O–H groups in total. The van der Waals surface area contributed by atoms with Gasteiger partial charge in [0.05, 0.1) is 12.6 Å². The first-order valence-electron chi connectivity index (χ1n) is 4.72. The standard InChI is InChI=1S/C9H13N5S/c1-6-4-15-5-8(6)3-14-9(7(2)10)11-12-13-14/h4-5,7H,3,10H2,1-2H3. The SMILES string of the molecule is Cc1cscc1Cn1nnnc1C(C)N. The van der Waals surface area contributed by atoms with Gasteiger partial charge in [0.1, 0.15) is 0 Å². The molecule has 0 radical (unpaired) electrons. The molecule has 0 aliphatic heterocycles. The van der Waals surface area contributed by atoms with E-state index in [0.717, 1.165) is 5.82 Å². The van der Waals surface area contributed by atoms with E-state index in [0.29, 0.717) is 6.54 Å². The Bertz CT molecular complexity index is 445. The third kappa shape index (κ3) is 2.05. The van der Waals surface area contributed by atoms with Crippen LogP contribution in [-0.4, -0.2) is 20.2 Å². The van der Waals surface area contributed by atoms with E-state index in [1.807, 2.05) is 6.92 Å². The van der Waals surface area contributed by atoms with Crippen molar-refractivity contribution in [3.63, 3.8) is 0 Å². The van der Waals surface area contributed by atoms with Gasteiger partial charge in [0, 0.05) is 0 Å². The number of hydrogen-bond donors (Lipinski definition) is 1. The molecule has 0 aliphatic rings. The van der Waals surface area contributed by atoms with Gasteiger partial charge in [0.25, 0.3) is 0 Å². The summed E-state index contributed by atoms with van der Waals surface area (Å²) in [5.74, 6) is 0.723. The summed E-state index contributed by atoms with van der Waals surface area (Å²) in [5.41, 5.74) is 8.28. The van der Waals surface area contributed by atoms with Crippen molar-refractivity contribution in [3.05, 3.63) is 27.7 Å². The van der Waals surface area contributed by atoms with Crippen LogP contribution in [0, 0.1) is 6.92 Å². The average Bonchev–Trinajstić information content (AvgIpc) is 2.77. The molecule has 0 aliphatic carbocycles. The molecule has 15 heavy (non-hydrogen) atoms. The van der Waals surface area contributed by atoms with E-state index < -0.39 is 0 Å². The number of rotatable bonds is 3. The number of thiophene rings is 1. The van der Waals surface area contributed by atoms with E-state index in [1.165, 1.54) is 11.1 Å². The van der Waals surface area contributed by atoms with Crippen molar-refractivity contribution in [1.82, 2.24) is 20.2 Å². The molecule has 2 aromatic heterocycles. The number of hydrogen-bond acceptors (Lipinski definition) is 5. The molecule has 1 unspecified atom stereocenters. The van der Waals surface area contributed by atoms with Crippen LogP contribution in [0.15, 0.2) is 10.8 Å². The highest BCUT2D eigenvalue weighted by molar-refractivity contribution is 7.08. The zero-order chi connectivity index (χ0) is 10.8. The summed E-state index contributed by atoms with van der Waals surface area (Å²) in [6, 6.07) is -0.140. The van der Waals surface area contributed by atoms with Gasteiger partial charge in [-0.1, -0.05) is 0 Å². The van der Waals surface area contributed by atoms with Crippen LogP contribution in [0.3, 0.4) is 0 Å². The van der Waals surface area contributed by atoms with E-state index in [2.05, 4.69) is 33.2 Å². The summed E-state index contributed by atoms with van der Waals surface area (Å²) in [4.78, 5) is 0. The number of aromatic nitrogens is 4. The van der Waals surface area contributed by atoms with Gasteiger partial charge in [0.2, 0.25) is 0 Å². The topological polar surface area (TPSA) is 69.6 Å². The Balaban J connectivity index is 2.25. The maximum absolute atomic E-state index is 5.77. The molecule has 2 rings (SSSR count). The molecule has 0 aromatic carbocycles. The number of tetrazole rings is 1. The van der Waals surface area contributed by atoms with Gasteiger partial charge in [-0.25, -0.2) is 4.68 Å². The predicted molar refractivity (Wildman–Crippen MR) is 58.6 cm³/mol. The lowest BCUT2D eigenvalue weighted by molar-refractivity contribution is 0.587. The second-order valence-electron chi connectivity index (χ2n) is 3.56. The minimum Gasteiger partial charge on any atom is -0.322 e. The zero-order valence-corrected chi connectivity index (χ0v) is 9.53. The van der Waals surface area contributed by atoms with Gasteiger partial charge in [-0.3, -0.25) is 0 Å². The lowest BCUT2D eigenvalue weighted by atomic mass is 10.2. The maximum Gasteiger partial charge on any atom is 0.168 e. The Labute approximate surface area is 91.9 Å². The van der Waals surface area contributed by atoms with Crippen molar-refractivity contribution in [2.75, 3.05) is 0 Å². The van der Waals surface area contributed by atoms with Crippen LogP contribution >= 0.6 is 11.3 Å². The van der Waals surface area contributed by atoms with Gasteiger partial charge in [-0.2, -0.15) is 11.3 Å². The van der Waals surface area contributed by atoms with E-state index in [9.17, 15) is 0 Å². The third-order valence-corrected chi connectivity index (χ3v) is 3.16. The monoisotopic (exact) mass is 223 g/mol. The summed E-state index contributed by atoms with van der Waals surface area (Å²) < 4.78 is 1.75. The fourth-order valence-electron chi connectivity index (χ4n) is 1.36. The first-order chi connectivity index (χ1) is 7.18. The van der Waals surface area contributed by atoms with Crippen molar-refractivity contribution < 1.29 is 0 Å². The Morgan fingerprint density at radius 1 is 1.53 bits per heavy atom. The molecular formula is C9H13N5S. The molecule has 0 saturated heterocycles. The minimum absolute atomic E-state index is 0.140. The molecule has 0 saturated carbocycles. The molecule has 1 atom stereocenters. The summed E-state index contributed by atoms with van der Waals surface area (Å²) in [6.07, 6.45) is 0. The Hall–Kier alpha value is -1.27. The molecular weight excluding hydrogens is 210 g/mol. The van der Waals surface area contributed by atoms with Crippen molar-refractivity contribution in [3.8, 4) is 0 Å². The minimum atomic E-state index is -0.140. The highest BCUT2D eigenvalue weighted by Crippen LogP contribution is 2.15. The van der Waals surface area contributed by atoms with Crippen molar-refractivity contribution in [2.45, 2.75) is 26.4 Å². The van der Waals surface area contributed by atoms with Gasteiger partial charge in [0.15, 0.2) is 5.82 Å². The normalized spacial score (nSPS) is 13.0. The zero-order valence-electron chi connectivity index (χ0n) is 8.71. The molecule has 5 nitrogen and oxygen atoms in total. The van der Waals surface area contributed by atoms with Gasteiger partial charge < -0.3 is 5.73 Å². The maximum atomic E-state index is 5.77. The molecule has 0 amide bonds. The highest BCUT2D eigenvalue weighted by Gasteiger charge is 2.11. The van der Waals surface area contributed by atoms with Gasteiger partial charge >= 0.3 is 0 Å². The molecule has 80 valence electrons. The van der Waals surface area contributed by atoms with Crippen molar-refractivity contribution in [2.24, 2.45) is 5.73 Å². The number of nitrogens with zero attached hydrogens (tertiary/aromatic N) is 4. The lowest BCUT2D eigenvalue weighted by Crippen LogP contribution is -2.15. The quantitative estimate of drug-likeness (QED) is 0.846. The predicted octanol–water partition coefficient (Wildman–Crippen LogP) is 1.11. The number of nitrogens with two attached hydrogens (primary N) is 1. The smallest absolute Gasteiger partial charge is 0.168 e. The van der Waals surface area contributed by atoms with Crippen LogP contribution in [0.2, 0.25) is 0 Å². The van der Waals surface area contributed by atoms with E-state index in [-0.39, 0.29) is 6.04 Å². The molecule has 0 fully saturated rings. The van der Waals surface area contributed by atoms with E-state index in [1.54, 1.807) is 16.0 Å². The van der Waals surface area contributed by atoms with Crippen molar-refractivity contribution in [1.29, 1.82) is 0 Å². The highest BCUT2D eigenvalue weighted by atomic mass is 32.1. The Morgan fingerprint density at radius 3 is 2.93 bits per heavy atom. The van der Waals surface area contributed by atoms with Crippen LogP contribution in [0.1, 0.15) is 29.9 Å². The van der Waals surface area contributed by atoms with Crippen molar-refractivity contribution >= 4 is 11.3 Å². The largest absolute Gasteiger partial charge is 0.322 e. The molecule has 0 bridgehead atoms. The Kier molecular flexibility index (Phi) is 2.79. The van der Waals surface area contributed by atoms with Crippen LogP contribution in [0.5, 0.6) is 0 Å². The summed E-state index contributed by atoms with van der Waals surface area (Å²) in [6.45, 7) is 4.66. The first-order valence-corrected chi connectivity index (χ1v) is 5.66. The first kappa shape index (κ1) is 10.3. The fraction of sp³-hybridized carbons (Fsp3) is 0.444. The van der Waals surface area contributed by atoms with E-state index in [4.69, 9.17) is 5.73 Å². The van der Waals surface area contributed by atoms with Crippen LogP contribution < -0.4 is 5.73 Å². The summed E-state index contributed by atoms with van der Waals surface area (Å²) >= 11 is 1.69. The molecule has 0 spiro atoms. The second kappa shape index (κ2) is 4.08. The van der Waals surface area contributed by atoms with Crippen LogP contribution in [0.25, 0.3) is 0 Å². The van der Waals surface area contributed by atoms with Crippen LogP contribution in [-0.2, 0) is 6.54 Å². The fourth-order valence-corrected chi connectivity index (χ4v) is 2.21. The average molecular weight is 223 g/mol. The lowest BCUT2D eigenvalue weighted by Gasteiger charge is -2.06. The Morgan fingerprint density at radius 2 is 2.33 bits per heavy atom. The number of aryl methyl sites for hydroxylation is 1.